The van der Waals surface area contributed by atoms with Crippen LogP contribution in [-0.2, 0) is 0 Å². The molecule has 0 saturated heterocycles. The summed E-state index contributed by atoms with van der Waals surface area (Å²) in [4.78, 5) is 0. The molecule has 2 aromatic carbocycles. The fourth-order valence-corrected chi connectivity index (χ4v) is 2.32. The monoisotopic (exact) mass is 298 g/mol. The highest BCUT2D eigenvalue weighted by Crippen LogP contribution is 2.42. The standard InChI is InChI=1S/C14H9ClF2O3/c15-10-3-7(4-12-14(10)20-6-19-12)13(18)9-5-8(16)1-2-11(9)17/h1-5,13,18H,6H2. The highest BCUT2D eigenvalue weighted by atomic mass is 35.5. The summed E-state index contributed by atoms with van der Waals surface area (Å²) in [5.41, 5.74) is 0.128. The van der Waals surface area contributed by atoms with E-state index in [1.54, 1.807) is 0 Å². The molecular formula is C14H9ClF2O3. The summed E-state index contributed by atoms with van der Waals surface area (Å²) in [6.07, 6.45) is -1.35. The van der Waals surface area contributed by atoms with Gasteiger partial charge in [0.1, 0.15) is 17.7 Å². The fraction of sp³-hybridized carbons (Fsp3) is 0.143. The molecule has 3 rings (SSSR count). The predicted octanol–water partition coefficient (Wildman–Crippen LogP) is 3.43. The molecule has 0 radical (unpaired) electrons. The molecule has 1 unspecified atom stereocenters. The van der Waals surface area contributed by atoms with Gasteiger partial charge in [-0.3, -0.25) is 0 Å². The molecule has 1 aliphatic rings. The maximum atomic E-state index is 13.7. The highest BCUT2D eigenvalue weighted by molar-refractivity contribution is 6.32. The first-order valence-corrected chi connectivity index (χ1v) is 6.16. The van der Waals surface area contributed by atoms with E-state index in [9.17, 15) is 13.9 Å². The topological polar surface area (TPSA) is 38.7 Å². The number of aliphatic hydroxyl groups is 1. The van der Waals surface area contributed by atoms with Crippen molar-refractivity contribution < 1.29 is 23.4 Å². The van der Waals surface area contributed by atoms with Gasteiger partial charge in [-0.25, -0.2) is 8.78 Å². The van der Waals surface area contributed by atoms with Crippen molar-refractivity contribution in [2.24, 2.45) is 0 Å². The molecule has 0 aromatic heterocycles. The highest BCUT2D eigenvalue weighted by Gasteiger charge is 2.23. The minimum atomic E-state index is -1.35. The number of fused-ring (bicyclic) bond motifs is 1. The van der Waals surface area contributed by atoms with Crippen molar-refractivity contribution in [2.75, 3.05) is 6.79 Å². The van der Waals surface area contributed by atoms with E-state index in [1.807, 2.05) is 0 Å². The molecule has 0 fully saturated rings. The smallest absolute Gasteiger partial charge is 0.231 e. The van der Waals surface area contributed by atoms with Gasteiger partial charge in [-0.2, -0.15) is 0 Å². The summed E-state index contributed by atoms with van der Waals surface area (Å²) in [5, 5.41) is 10.4. The van der Waals surface area contributed by atoms with E-state index < -0.39 is 17.7 Å². The first kappa shape index (κ1) is 13.1. The molecule has 3 nitrogen and oxygen atoms in total. The molecule has 1 aliphatic heterocycles. The van der Waals surface area contributed by atoms with E-state index in [1.165, 1.54) is 12.1 Å². The first-order valence-electron chi connectivity index (χ1n) is 5.78. The van der Waals surface area contributed by atoms with Crippen LogP contribution >= 0.6 is 11.6 Å². The SMILES string of the molecule is OC(c1cc(Cl)c2c(c1)OCO2)c1cc(F)ccc1F. The van der Waals surface area contributed by atoms with Gasteiger partial charge < -0.3 is 14.6 Å². The molecular weight excluding hydrogens is 290 g/mol. The number of hydrogen-bond acceptors (Lipinski definition) is 3. The Morgan fingerprint density at radius 2 is 1.95 bits per heavy atom. The van der Waals surface area contributed by atoms with E-state index in [0.717, 1.165) is 18.2 Å². The number of halogens is 3. The second kappa shape index (κ2) is 4.92. The third-order valence-electron chi connectivity index (χ3n) is 3.02. The minimum Gasteiger partial charge on any atom is -0.454 e. The maximum absolute atomic E-state index is 13.7. The van der Waals surface area contributed by atoms with Crippen LogP contribution in [0.3, 0.4) is 0 Å². The van der Waals surface area contributed by atoms with Gasteiger partial charge in [-0.05, 0) is 35.9 Å². The van der Waals surface area contributed by atoms with E-state index >= 15 is 0 Å². The zero-order valence-electron chi connectivity index (χ0n) is 10.1. The quantitative estimate of drug-likeness (QED) is 0.923. The van der Waals surface area contributed by atoms with Crippen LogP contribution in [0.25, 0.3) is 0 Å². The summed E-state index contributed by atoms with van der Waals surface area (Å²) >= 11 is 5.99. The average molecular weight is 299 g/mol. The largest absolute Gasteiger partial charge is 0.454 e. The first-order chi connectivity index (χ1) is 9.56. The normalized spacial score (nSPS) is 14.4. The molecule has 1 heterocycles. The van der Waals surface area contributed by atoms with Crippen LogP contribution in [0.15, 0.2) is 30.3 Å². The molecule has 0 saturated carbocycles. The second-order valence-corrected chi connectivity index (χ2v) is 4.71. The van der Waals surface area contributed by atoms with Crippen molar-refractivity contribution in [3.8, 4) is 11.5 Å². The van der Waals surface area contributed by atoms with E-state index in [2.05, 4.69) is 0 Å². The Labute approximate surface area is 118 Å². The maximum Gasteiger partial charge on any atom is 0.231 e. The molecule has 0 aliphatic carbocycles. The summed E-state index contributed by atoms with van der Waals surface area (Å²) < 4.78 is 37.2. The lowest BCUT2D eigenvalue weighted by molar-refractivity contribution is 0.173. The van der Waals surface area contributed by atoms with Gasteiger partial charge in [0, 0.05) is 5.56 Å². The second-order valence-electron chi connectivity index (χ2n) is 4.30. The lowest BCUT2D eigenvalue weighted by Gasteiger charge is -2.14. The Balaban J connectivity index is 2.04. The van der Waals surface area contributed by atoms with Crippen LogP contribution < -0.4 is 9.47 Å². The summed E-state index contributed by atoms with van der Waals surface area (Å²) in [7, 11) is 0. The Morgan fingerprint density at radius 3 is 2.75 bits per heavy atom. The van der Waals surface area contributed by atoms with E-state index in [0.29, 0.717) is 17.1 Å². The zero-order chi connectivity index (χ0) is 14.3. The van der Waals surface area contributed by atoms with Gasteiger partial charge in [-0.15, -0.1) is 0 Å². The molecule has 0 spiro atoms. The lowest BCUT2D eigenvalue weighted by atomic mass is 10.0. The molecule has 20 heavy (non-hydrogen) atoms. The zero-order valence-corrected chi connectivity index (χ0v) is 10.8. The van der Waals surface area contributed by atoms with Gasteiger partial charge in [0.2, 0.25) is 6.79 Å². The average Bonchev–Trinajstić information content (AvgIpc) is 2.89. The molecule has 1 N–H and O–H groups in total. The Bertz CT molecular complexity index is 676. The number of benzene rings is 2. The van der Waals surface area contributed by atoms with Crippen LogP contribution in [0.1, 0.15) is 17.2 Å². The minimum absolute atomic E-state index is 0.0307. The molecule has 104 valence electrons. The Hall–Kier alpha value is -1.85. The molecule has 2 aromatic rings. The number of rotatable bonds is 2. The van der Waals surface area contributed by atoms with Gasteiger partial charge in [0.05, 0.1) is 5.02 Å². The molecule has 1 atom stereocenters. The molecule has 0 bridgehead atoms. The van der Waals surface area contributed by atoms with Crippen LogP contribution in [-0.4, -0.2) is 11.9 Å². The summed E-state index contributed by atoms with van der Waals surface area (Å²) in [6.45, 7) is 0.0307. The molecule has 0 amide bonds. The van der Waals surface area contributed by atoms with E-state index in [-0.39, 0.29) is 17.4 Å². The van der Waals surface area contributed by atoms with Crippen molar-refractivity contribution in [1.82, 2.24) is 0 Å². The number of ether oxygens (including phenoxy) is 2. The summed E-state index contributed by atoms with van der Waals surface area (Å²) in [6, 6.07) is 5.81. The van der Waals surface area contributed by atoms with Gasteiger partial charge in [-0.1, -0.05) is 11.6 Å². The fourth-order valence-electron chi connectivity index (χ4n) is 2.05. The van der Waals surface area contributed by atoms with Crippen LogP contribution in [0, 0.1) is 11.6 Å². The van der Waals surface area contributed by atoms with Crippen LogP contribution in [0.4, 0.5) is 8.78 Å². The number of aliphatic hydroxyl groups excluding tert-OH is 1. The van der Waals surface area contributed by atoms with Gasteiger partial charge in [0.15, 0.2) is 11.5 Å². The Kier molecular flexibility index (Phi) is 3.23. The van der Waals surface area contributed by atoms with Crippen molar-refractivity contribution in [3.63, 3.8) is 0 Å². The van der Waals surface area contributed by atoms with Crippen LogP contribution in [0.5, 0.6) is 11.5 Å². The van der Waals surface area contributed by atoms with Crippen molar-refractivity contribution in [1.29, 1.82) is 0 Å². The van der Waals surface area contributed by atoms with Crippen molar-refractivity contribution in [3.05, 3.63) is 58.1 Å². The van der Waals surface area contributed by atoms with Crippen LogP contribution in [0.2, 0.25) is 5.02 Å². The Morgan fingerprint density at radius 1 is 1.15 bits per heavy atom. The predicted molar refractivity (Wildman–Crippen MR) is 68.0 cm³/mol. The summed E-state index contributed by atoms with van der Waals surface area (Å²) in [5.74, 6) is -0.592. The molecule has 6 heteroatoms. The third-order valence-corrected chi connectivity index (χ3v) is 3.30. The van der Waals surface area contributed by atoms with Crippen molar-refractivity contribution >= 4 is 11.6 Å². The van der Waals surface area contributed by atoms with Gasteiger partial charge >= 0.3 is 0 Å². The number of hydrogen-bond donors (Lipinski definition) is 1. The lowest BCUT2D eigenvalue weighted by Crippen LogP contribution is -2.03. The third kappa shape index (κ3) is 2.19. The van der Waals surface area contributed by atoms with E-state index in [4.69, 9.17) is 21.1 Å². The van der Waals surface area contributed by atoms with Crippen molar-refractivity contribution in [2.45, 2.75) is 6.10 Å². The van der Waals surface area contributed by atoms with Gasteiger partial charge in [0.25, 0.3) is 0 Å².